The Kier molecular flexibility index (Phi) is 14.6. The molecule has 4 aromatic heterocycles. The van der Waals surface area contributed by atoms with Crippen molar-refractivity contribution < 1.29 is 38.4 Å². The van der Waals surface area contributed by atoms with Crippen LogP contribution < -0.4 is 25.0 Å². The summed E-state index contributed by atoms with van der Waals surface area (Å²) in [6, 6.07) is 19.5. The van der Waals surface area contributed by atoms with Crippen LogP contribution in [-0.4, -0.2) is 141 Å². The minimum Gasteiger partial charge on any atom is -0.486 e. The van der Waals surface area contributed by atoms with Crippen LogP contribution in [0.3, 0.4) is 0 Å². The normalized spacial score (nSPS) is 22.1. The van der Waals surface area contributed by atoms with Crippen LogP contribution in [-0.2, 0) is 27.5 Å². The molecule has 21 heteroatoms. The Balaban J connectivity index is 0.746. The lowest BCUT2D eigenvalue weighted by Crippen LogP contribution is -2.50. The molecule has 6 fully saturated rings. The van der Waals surface area contributed by atoms with E-state index in [9.17, 15) is 19.8 Å². The van der Waals surface area contributed by atoms with Crippen LogP contribution in [0.25, 0.3) is 55.4 Å². The number of ether oxygens (including phenoxy) is 3. The van der Waals surface area contributed by atoms with Crippen molar-refractivity contribution in [1.29, 1.82) is 0 Å². The molecular weight excluding hydrogens is 1090 g/mol. The number of hydrogen-bond donors (Lipinski definition) is 5. The third kappa shape index (κ3) is 10.3. The maximum atomic E-state index is 16.3. The zero-order valence-corrected chi connectivity index (χ0v) is 49.2. The molecule has 5 N–H and O–H groups in total. The van der Waals surface area contributed by atoms with Crippen LogP contribution in [0.2, 0.25) is 0 Å². The number of β-amino-alcohol motifs (C(OH)–C–C–N with tert-alkyl or cyclic N) is 1. The van der Waals surface area contributed by atoms with E-state index in [4.69, 9.17) is 24.2 Å². The van der Waals surface area contributed by atoms with Crippen molar-refractivity contribution in [2.75, 3.05) is 37.7 Å². The van der Waals surface area contributed by atoms with Gasteiger partial charge in [0.05, 0.1) is 55.1 Å². The van der Waals surface area contributed by atoms with Crippen LogP contribution in [0.1, 0.15) is 119 Å². The number of aromatic nitrogens is 9. The molecule has 7 atom stereocenters. The first-order chi connectivity index (χ1) is 41.7. The van der Waals surface area contributed by atoms with E-state index in [2.05, 4.69) is 47.2 Å². The number of H-pyrrole nitrogens is 1. The summed E-state index contributed by atoms with van der Waals surface area (Å²) in [6.07, 6.45) is 10.2. The Hall–Kier alpha value is -7.85. The Morgan fingerprint density at radius 1 is 0.942 bits per heavy atom. The second kappa shape index (κ2) is 22.5. The number of amides is 2. The molecule has 8 aromatic rings. The summed E-state index contributed by atoms with van der Waals surface area (Å²) < 4.78 is 39.4. The highest BCUT2D eigenvalue weighted by molar-refractivity contribution is 6.06. The average molecular weight is 1170 g/mol. The Morgan fingerprint density at radius 2 is 1.72 bits per heavy atom. The quantitative estimate of drug-likeness (QED) is 0.0542. The molecule has 4 aromatic carbocycles. The molecule has 86 heavy (non-hydrogen) atoms. The number of hydrogen-bond acceptors (Lipinski definition) is 15. The number of fused-ring (bicyclic) bond motifs is 4. The van der Waals surface area contributed by atoms with Crippen molar-refractivity contribution in [2.24, 2.45) is 11.3 Å². The standard InChI is InChI=1S/C65H74FN13O7/c1-6-78-53(19-22-69-78)41-13-15-42(16-14-41)57(37(5)80)70-62(82)54-24-45(81)30-77(54)63(83)59(35(2)3)79-31-52(74-75-79)40-9-7-38(8-10-40)32-85-60-56(55-36(4)50(66)26-51-49(55)28-68-73-51)47(39-11-12-39)25-48-58(60)71-64(72-61(48)76-29-43-23-44(76)27-67-43)86-46-17-20-65(21-18-46)33-84-34-65/h7-10,13-16,19,22,25-26,28,31,35,37,39,43-46,54,57,59,67,80-81H,6,11-12,17-18,20-21,23-24,27,29-30,32-34H2,1-5H3,(H,68,73)(H,70,82)/t37-,43-,44-,45+,54-,57-,59-/m0/s1. The fraction of sp³-hybridized carbons (Fsp3) is 0.477. The highest BCUT2D eigenvalue weighted by atomic mass is 19.1. The fourth-order valence-corrected chi connectivity index (χ4v) is 14.1. The topological polar surface area (TPSA) is 236 Å². The number of aliphatic hydroxyl groups excluding tert-OH is 2. The van der Waals surface area contributed by atoms with Crippen LogP contribution in [0.15, 0.2) is 85.3 Å². The van der Waals surface area contributed by atoms with Gasteiger partial charge in [-0.2, -0.15) is 20.2 Å². The van der Waals surface area contributed by atoms with Gasteiger partial charge in [-0.1, -0.05) is 67.6 Å². The Bertz CT molecular complexity index is 3850. The Labute approximate surface area is 497 Å². The molecular formula is C65H74FN13O7. The van der Waals surface area contributed by atoms with E-state index in [1.807, 2.05) is 87.0 Å². The lowest BCUT2D eigenvalue weighted by atomic mass is 9.72. The molecule has 2 bridgehead atoms. The first kappa shape index (κ1) is 56.0. The number of likely N-dealkylation sites (tertiary alicyclic amines) is 1. The van der Waals surface area contributed by atoms with Crippen molar-refractivity contribution in [3.63, 3.8) is 0 Å². The molecule has 4 saturated heterocycles. The van der Waals surface area contributed by atoms with E-state index in [1.165, 1.54) is 11.0 Å². The van der Waals surface area contributed by atoms with Gasteiger partial charge in [-0.15, -0.1) is 5.10 Å². The maximum absolute atomic E-state index is 16.3. The van der Waals surface area contributed by atoms with E-state index in [-0.39, 0.29) is 60.7 Å². The van der Waals surface area contributed by atoms with Gasteiger partial charge in [-0.05, 0) is 124 Å². The number of aromatic amines is 1. The van der Waals surface area contributed by atoms with Crippen LogP contribution in [0.5, 0.6) is 11.8 Å². The summed E-state index contributed by atoms with van der Waals surface area (Å²) in [5, 5.41) is 51.2. The summed E-state index contributed by atoms with van der Waals surface area (Å²) in [6.45, 7) is 13.4. The molecule has 0 radical (unpaired) electrons. The van der Waals surface area contributed by atoms with Crippen molar-refractivity contribution in [1.82, 2.24) is 60.5 Å². The Morgan fingerprint density at radius 3 is 2.41 bits per heavy atom. The summed E-state index contributed by atoms with van der Waals surface area (Å²) in [5.41, 5.74) is 9.26. The first-order valence-electron chi connectivity index (χ1n) is 30.7. The van der Waals surface area contributed by atoms with Crippen LogP contribution in [0.4, 0.5) is 10.2 Å². The number of aryl methyl sites for hydroxylation is 1. The molecule has 6 aliphatic rings. The number of benzene rings is 4. The summed E-state index contributed by atoms with van der Waals surface area (Å²) in [5.74, 6) is 0.116. The monoisotopic (exact) mass is 1170 g/mol. The molecule has 20 nitrogen and oxygen atoms in total. The summed E-state index contributed by atoms with van der Waals surface area (Å²) in [7, 11) is 0. The molecule has 2 saturated carbocycles. The smallest absolute Gasteiger partial charge is 0.319 e. The van der Waals surface area contributed by atoms with E-state index in [0.29, 0.717) is 52.2 Å². The second-order valence-corrected chi connectivity index (χ2v) is 25.4. The molecule has 2 aliphatic carbocycles. The van der Waals surface area contributed by atoms with E-state index in [1.54, 1.807) is 30.2 Å². The van der Waals surface area contributed by atoms with Gasteiger partial charge in [0.1, 0.15) is 47.6 Å². The highest BCUT2D eigenvalue weighted by Crippen LogP contribution is 2.54. The van der Waals surface area contributed by atoms with E-state index < -0.39 is 36.2 Å². The molecule has 14 rings (SSSR count). The number of rotatable bonds is 18. The number of halogens is 1. The predicted molar refractivity (Wildman–Crippen MR) is 321 cm³/mol. The third-order valence-electron chi connectivity index (χ3n) is 19.1. The van der Waals surface area contributed by atoms with Gasteiger partial charge < -0.3 is 44.9 Å². The average Bonchev–Trinajstić information content (AvgIpc) is 1.32. The van der Waals surface area contributed by atoms with Gasteiger partial charge in [0.25, 0.3) is 0 Å². The number of anilines is 1. The first-order valence-corrected chi connectivity index (χ1v) is 30.7. The molecule has 2 amide bonds. The van der Waals surface area contributed by atoms with E-state index in [0.717, 1.165) is 127 Å². The zero-order chi connectivity index (χ0) is 59.1. The SMILES string of the molecule is CCn1nccc1-c1ccc([C@@H](NC(=O)[C@@H]2C[C@@H](O)CN2C(=O)[C@H](C(C)C)n2cc(-c3ccc(COc4c(-c5c(C)c(F)cc6[nH]ncc56)c(C5CC5)cc5c(N6C[C@@H]7C[C@H]6CN7)nc(OC6CCC7(CC6)COC7)nc45)cc3)nn2)[C@H](C)O)cc1. The lowest BCUT2D eigenvalue weighted by Gasteiger charge is -2.45. The van der Waals surface area contributed by atoms with Gasteiger partial charge >= 0.3 is 6.01 Å². The van der Waals surface area contributed by atoms with E-state index >= 15 is 4.39 Å². The minimum absolute atomic E-state index is 0.0367. The zero-order valence-electron chi connectivity index (χ0n) is 49.2. The maximum Gasteiger partial charge on any atom is 0.319 e. The van der Waals surface area contributed by atoms with Crippen LogP contribution >= 0.6 is 0 Å². The third-order valence-corrected chi connectivity index (χ3v) is 19.1. The van der Waals surface area contributed by atoms with Crippen LogP contribution in [0, 0.1) is 24.1 Å². The largest absolute Gasteiger partial charge is 0.486 e. The molecule has 448 valence electrons. The summed E-state index contributed by atoms with van der Waals surface area (Å²) in [4.78, 5) is 43.5. The number of piperazine rings is 1. The molecule has 4 aliphatic heterocycles. The highest BCUT2D eigenvalue weighted by Gasteiger charge is 2.46. The second-order valence-electron chi connectivity index (χ2n) is 25.4. The predicted octanol–water partition coefficient (Wildman–Crippen LogP) is 8.50. The molecule has 8 heterocycles. The number of nitrogens with one attached hydrogen (secondary N) is 3. The van der Waals surface area contributed by atoms with Gasteiger partial charge in [-0.3, -0.25) is 19.4 Å². The van der Waals surface area contributed by atoms with Gasteiger partial charge in [0.15, 0.2) is 5.75 Å². The van der Waals surface area contributed by atoms with Gasteiger partial charge in [0, 0.05) is 83.8 Å². The lowest BCUT2D eigenvalue weighted by molar-refractivity contribution is -0.143. The minimum atomic E-state index is -0.995. The number of nitrogens with zero attached hydrogens (tertiary/aromatic N) is 10. The van der Waals surface area contributed by atoms with Crippen molar-refractivity contribution in [3.05, 3.63) is 113 Å². The number of aliphatic hydroxyl groups is 2. The molecule has 1 spiro atoms. The van der Waals surface area contributed by atoms with Crippen molar-refractivity contribution >= 4 is 39.4 Å². The number of carbonyl (C=O) groups is 2. The number of carbonyl (C=O) groups excluding carboxylic acids is 2. The fourth-order valence-electron chi connectivity index (χ4n) is 14.1. The van der Waals surface area contributed by atoms with Gasteiger partial charge in [0.2, 0.25) is 11.8 Å². The summed E-state index contributed by atoms with van der Waals surface area (Å²) >= 11 is 0. The van der Waals surface area contributed by atoms with Crippen molar-refractivity contribution in [2.45, 2.75) is 154 Å². The van der Waals surface area contributed by atoms with Crippen molar-refractivity contribution in [3.8, 4) is 45.4 Å². The van der Waals surface area contributed by atoms with Gasteiger partial charge in [-0.25, -0.2) is 9.07 Å². The molecule has 0 unspecified atom stereocenters.